The monoisotopic (exact) mass is 301 g/mol. The fourth-order valence-corrected chi connectivity index (χ4v) is 2.89. The minimum atomic E-state index is -0.117. The van der Waals surface area contributed by atoms with E-state index in [4.69, 9.17) is 11.6 Å². The zero-order valence-electron chi connectivity index (χ0n) is 11.7. The van der Waals surface area contributed by atoms with Gasteiger partial charge in [0.15, 0.2) is 0 Å². The van der Waals surface area contributed by atoms with Gasteiger partial charge in [-0.05, 0) is 36.1 Å². The van der Waals surface area contributed by atoms with E-state index in [1.807, 2.05) is 12.1 Å². The fraction of sp³-hybridized carbons (Fsp3) is 0.250. The van der Waals surface area contributed by atoms with E-state index < -0.39 is 0 Å². The van der Waals surface area contributed by atoms with E-state index in [2.05, 4.69) is 27.8 Å². The Kier molecular flexibility index (Phi) is 3.80. The van der Waals surface area contributed by atoms with Crippen LogP contribution in [0.25, 0.3) is 0 Å². The number of amides is 1. The van der Waals surface area contributed by atoms with E-state index in [9.17, 15) is 4.79 Å². The molecule has 0 unspecified atom stereocenters. The number of aromatic nitrogens is 1. The van der Waals surface area contributed by atoms with Crippen LogP contribution in [0, 0.1) is 0 Å². The smallest absolute Gasteiger partial charge is 0.251 e. The Morgan fingerprint density at radius 3 is 2.52 bits per heavy atom. The van der Waals surface area contributed by atoms with Crippen molar-refractivity contribution in [2.75, 3.05) is 12.4 Å². The number of nitrogens with zero attached hydrogens (tertiary/aromatic N) is 1. The SMILES string of the molecule is CNc1cc(C(=O)NC2Cc3ccccc3C2)cc(Cl)n1. The first-order valence-corrected chi connectivity index (χ1v) is 7.26. The highest BCUT2D eigenvalue weighted by molar-refractivity contribution is 6.29. The van der Waals surface area contributed by atoms with Crippen LogP contribution < -0.4 is 10.6 Å². The predicted molar refractivity (Wildman–Crippen MR) is 83.9 cm³/mol. The highest BCUT2D eigenvalue weighted by Gasteiger charge is 2.23. The Bertz CT molecular complexity index is 662. The maximum atomic E-state index is 12.3. The summed E-state index contributed by atoms with van der Waals surface area (Å²) in [5.41, 5.74) is 3.15. The number of hydrogen-bond donors (Lipinski definition) is 2. The van der Waals surface area contributed by atoms with Gasteiger partial charge < -0.3 is 10.6 Å². The zero-order chi connectivity index (χ0) is 14.8. The number of carbonyl (C=O) groups is 1. The number of anilines is 1. The standard InChI is InChI=1S/C16H16ClN3O/c1-18-15-9-12(8-14(17)20-15)16(21)19-13-6-10-4-2-3-5-11(10)7-13/h2-5,8-9,13H,6-7H2,1H3,(H,18,20)(H,19,21). The summed E-state index contributed by atoms with van der Waals surface area (Å²) in [7, 11) is 1.74. The molecule has 0 aliphatic heterocycles. The molecule has 4 nitrogen and oxygen atoms in total. The van der Waals surface area contributed by atoms with Gasteiger partial charge in [-0.3, -0.25) is 4.79 Å². The van der Waals surface area contributed by atoms with Crippen LogP contribution in [0.15, 0.2) is 36.4 Å². The van der Waals surface area contributed by atoms with E-state index in [1.54, 1.807) is 19.2 Å². The molecule has 0 saturated carbocycles. The molecule has 0 atom stereocenters. The summed E-state index contributed by atoms with van der Waals surface area (Å²) in [5, 5.41) is 6.27. The van der Waals surface area contributed by atoms with Crippen molar-refractivity contribution in [2.24, 2.45) is 0 Å². The Morgan fingerprint density at radius 1 is 1.24 bits per heavy atom. The van der Waals surface area contributed by atoms with Crippen LogP contribution in [-0.2, 0) is 12.8 Å². The van der Waals surface area contributed by atoms with E-state index in [-0.39, 0.29) is 11.9 Å². The van der Waals surface area contributed by atoms with Crippen molar-refractivity contribution in [3.63, 3.8) is 0 Å². The molecule has 1 aliphatic carbocycles. The third-order valence-corrected chi connectivity index (χ3v) is 3.89. The van der Waals surface area contributed by atoms with Crippen molar-refractivity contribution >= 4 is 23.3 Å². The molecule has 0 radical (unpaired) electrons. The average molecular weight is 302 g/mol. The minimum absolute atomic E-state index is 0.117. The number of fused-ring (bicyclic) bond motifs is 1. The molecule has 108 valence electrons. The lowest BCUT2D eigenvalue weighted by molar-refractivity contribution is 0.0938. The lowest BCUT2D eigenvalue weighted by atomic mass is 10.1. The topological polar surface area (TPSA) is 54.0 Å². The van der Waals surface area contributed by atoms with Gasteiger partial charge in [-0.25, -0.2) is 4.98 Å². The average Bonchev–Trinajstić information content (AvgIpc) is 2.88. The molecule has 0 saturated heterocycles. The van der Waals surface area contributed by atoms with Crippen molar-refractivity contribution in [3.8, 4) is 0 Å². The summed E-state index contributed by atoms with van der Waals surface area (Å²) < 4.78 is 0. The highest BCUT2D eigenvalue weighted by Crippen LogP contribution is 2.22. The molecule has 1 aromatic carbocycles. The van der Waals surface area contributed by atoms with Gasteiger partial charge in [0.05, 0.1) is 0 Å². The van der Waals surface area contributed by atoms with Crippen molar-refractivity contribution in [2.45, 2.75) is 18.9 Å². The Morgan fingerprint density at radius 2 is 1.90 bits per heavy atom. The van der Waals surface area contributed by atoms with Gasteiger partial charge in [0, 0.05) is 18.7 Å². The lowest BCUT2D eigenvalue weighted by Crippen LogP contribution is -2.35. The number of hydrogen-bond acceptors (Lipinski definition) is 3. The number of pyridine rings is 1. The molecule has 0 bridgehead atoms. The van der Waals surface area contributed by atoms with Crippen molar-refractivity contribution < 1.29 is 4.79 Å². The quantitative estimate of drug-likeness (QED) is 0.857. The van der Waals surface area contributed by atoms with Gasteiger partial charge in [0.1, 0.15) is 11.0 Å². The third kappa shape index (κ3) is 3.00. The second-order valence-electron chi connectivity index (χ2n) is 5.16. The molecule has 0 spiro atoms. The van der Waals surface area contributed by atoms with Gasteiger partial charge in [-0.15, -0.1) is 0 Å². The molecular weight excluding hydrogens is 286 g/mol. The minimum Gasteiger partial charge on any atom is -0.373 e. The Hall–Kier alpha value is -2.07. The molecule has 3 rings (SSSR count). The van der Waals surface area contributed by atoms with Crippen LogP contribution in [0.2, 0.25) is 5.15 Å². The number of nitrogens with one attached hydrogen (secondary N) is 2. The molecule has 5 heteroatoms. The van der Waals surface area contributed by atoms with Gasteiger partial charge >= 0.3 is 0 Å². The largest absolute Gasteiger partial charge is 0.373 e. The van der Waals surface area contributed by atoms with Crippen LogP contribution in [0.3, 0.4) is 0 Å². The van der Waals surface area contributed by atoms with Crippen LogP contribution in [-0.4, -0.2) is 24.0 Å². The summed E-state index contributed by atoms with van der Waals surface area (Å²) in [6.07, 6.45) is 1.75. The second-order valence-corrected chi connectivity index (χ2v) is 5.55. The van der Waals surface area contributed by atoms with E-state index in [1.165, 1.54) is 11.1 Å². The molecule has 1 amide bonds. The fourth-order valence-electron chi connectivity index (χ4n) is 2.69. The van der Waals surface area contributed by atoms with Crippen LogP contribution >= 0.6 is 11.6 Å². The Balaban J connectivity index is 1.72. The number of rotatable bonds is 3. The molecule has 2 N–H and O–H groups in total. The first-order chi connectivity index (χ1) is 10.2. The van der Waals surface area contributed by atoms with Gasteiger partial charge in [-0.1, -0.05) is 35.9 Å². The van der Waals surface area contributed by atoms with Gasteiger partial charge in [0.2, 0.25) is 0 Å². The number of benzene rings is 1. The highest BCUT2D eigenvalue weighted by atomic mass is 35.5. The van der Waals surface area contributed by atoms with Crippen LogP contribution in [0.4, 0.5) is 5.82 Å². The first-order valence-electron chi connectivity index (χ1n) is 6.88. The summed E-state index contributed by atoms with van der Waals surface area (Å²) in [6.45, 7) is 0. The van der Waals surface area contributed by atoms with Crippen LogP contribution in [0.5, 0.6) is 0 Å². The van der Waals surface area contributed by atoms with Crippen molar-refractivity contribution in [1.29, 1.82) is 0 Å². The van der Waals surface area contributed by atoms with E-state index >= 15 is 0 Å². The van der Waals surface area contributed by atoms with Crippen LogP contribution in [0.1, 0.15) is 21.5 Å². The van der Waals surface area contributed by atoms with E-state index in [0.717, 1.165) is 12.8 Å². The maximum Gasteiger partial charge on any atom is 0.251 e. The molecule has 0 fully saturated rings. The summed E-state index contributed by atoms with van der Waals surface area (Å²) in [5.74, 6) is 0.468. The molecule has 1 heterocycles. The number of halogens is 1. The summed E-state index contributed by atoms with van der Waals surface area (Å²) in [4.78, 5) is 16.4. The van der Waals surface area contributed by atoms with E-state index in [0.29, 0.717) is 16.5 Å². The van der Waals surface area contributed by atoms with Gasteiger partial charge in [-0.2, -0.15) is 0 Å². The molecule has 2 aromatic rings. The zero-order valence-corrected chi connectivity index (χ0v) is 12.4. The Labute approximate surface area is 128 Å². The maximum absolute atomic E-state index is 12.3. The summed E-state index contributed by atoms with van der Waals surface area (Å²) >= 11 is 5.93. The van der Waals surface area contributed by atoms with Crippen molar-refractivity contribution in [1.82, 2.24) is 10.3 Å². The number of carbonyl (C=O) groups excluding carboxylic acids is 1. The lowest BCUT2D eigenvalue weighted by Gasteiger charge is -2.12. The molecule has 1 aromatic heterocycles. The molecular formula is C16H16ClN3O. The normalized spacial score (nSPS) is 13.8. The second kappa shape index (κ2) is 5.74. The van der Waals surface area contributed by atoms with Gasteiger partial charge in [0.25, 0.3) is 5.91 Å². The third-order valence-electron chi connectivity index (χ3n) is 3.70. The summed E-state index contributed by atoms with van der Waals surface area (Å²) in [6, 6.07) is 11.7. The first kappa shape index (κ1) is 13.9. The predicted octanol–water partition coefficient (Wildman–Crippen LogP) is 2.67. The molecule has 21 heavy (non-hydrogen) atoms. The molecule has 1 aliphatic rings. The van der Waals surface area contributed by atoms with Crippen molar-refractivity contribution in [3.05, 3.63) is 58.2 Å².